The molecule has 0 aliphatic heterocycles. The summed E-state index contributed by atoms with van der Waals surface area (Å²) in [6.07, 6.45) is 5.39. The van der Waals surface area contributed by atoms with E-state index in [1.165, 1.54) is 17.4 Å². The molecule has 0 spiro atoms. The number of ether oxygens (including phenoxy) is 2. The highest BCUT2D eigenvalue weighted by Crippen LogP contribution is 2.17. The van der Waals surface area contributed by atoms with Crippen LogP contribution in [0, 0.1) is 0 Å². The molecule has 2 rings (SSSR count). The second kappa shape index (κ2) is 11.1. The van der Waals surface area contributed by atoms with E-state index in [1.807, 2.05) is 24.3 Å². The number of carbonyl (C=O) groups excluding carboxylic acids is 2. The second-order valence-electron chi connectivity index (χ2n) is 5.72. The largest absolute Gasteiger partial charge is 0.494 e. The number of anilines is 1. The number of carbonyl (C=O) groups is 2. The molecule has 0 atom stereocenters. The Bertz CT molecular complexity index is 769. The molecule has 0 fully saturated rings. The van der Waals surface area contributed by atoms with Crippen molar-refractivity contribution < 1.29 is 19.1 Å². The van der Waals surface area contributed by atoms with Crippen molar-refractivity contribution in [2.24, 2.45) is 0 Å². The van der Waals surface area contributed by atoms with Gasteiger partial charge in [-0.05, 0) is 37.1 Å². The molecule has 2 aromatic rings. The van der Waals surface area contributed by atoms with Gasteiger partial charge in [-0.15, -0.1) is 11.3 Å². The molecule has 7 heteroatoms. The molecule has 0 bridgehead atoms. The van der Waals surface area contributed by atoms with Crippen LogP contribution in [0.15, 0.2) is 35.7 Å². The summed E-state index contributed by atoms with van der Waals surface area (Å²) in [4.78, 5) is 27.7. The number of amides is 1. The Morgan fingerprint density at radius 1 is 1.22 bits per heavy atom. The molecule has 6 nitrogen and oxygen atoms in total. The average Bonchev–Trinajstić information content (AvgIpc) is 3.08. The van der Waals surface area contributed by atoms with Crippen LogP contribution in [0.25, 0.3) is 6.08 Å². The van der Waals surface area contributed by atoms with Crippen LogP contribution in [-0.4, -0.2) is 30.1 Å². The number of benzene rings is 1. The summed E-state index contributed by atoms with van der Waals surface area (Å²) in [5.41, 5.74) is 1.48. The minimum atomic E-state index is -0.331. The third-order valence-corrected chi connectivity index (χ3v) is 4.29. The molecule has 1 heterocycles. The van der Waals surface area contributed by atoms with E-state index in [9.17, 15) is 9.59 Å². The Morgan fingerprint density at radius 3 is 2.70 bits per heavy atom. The Labute approximate surface area is 163 Å². The van der Waals surface area contributed by atoms with Crippen molar-refractivity contribution in [2.45, 2.75) is 33.1 Å². The van der Waals surface area contributed by atoms with E-state index < -0.39 is 0 Å². The Kier molecular flexibility index (Phi) is 8.51. The summed E-state index contributed by atoms with van der Waals surface area (Å²) in [5, 5.41) is 4.87. The molecular weight excluding hydrogens is 364 g/mol. The van der Waals surface area contributed by atoms with Crippen molar-refractivity contribution in [3.05, 3.63) is 47.0 Å². The molecule has 0 saturated carbocycles. The number of esters is 1. The van der Waals surface area contributed by atoms with Crippen LogP contribution in [0.5, 0.6) is 5.75 Å². The van der Waals surface area contributed by atoms with Gasteiger partial charge in [-0.2, -0.15) is 0 Å². The highest BCUT2D eigenvalue weighted by molar-refractivity contribution is 7.14. The van der Waals surface area contributed by atoms with Gasteiger partial charge in [0.1, 0.15) is 5.75 Å². The van der Waals surface area contributed by atoms with Gasteiger partial charge in [0.25, 0.3) is 0 Å². The summed E-state index contributed by atoms with van der Waals surface area (Å²) in [7, 11) is 0. The highest BCUT2D eigenvalue weighted by atomic mass is 32.1. The van der Waals surface area contributed by atoms with Crippen LogP contribution >= 0.6 is 11.3 Å². The van der Waals surface area contributed by atoms with Crippen molar-refractivity contribution in [2.75, 3.05) is 18.5 Å². The van der Waals surface area contributed by atoms with Gasteiger partial charge in [0.05, 0.1) is 25.3 Å². The third kappa shape index (κ3) is 7.62. The molecule has 144 valence electrons. The molecule has 1 N–H and O–H groups in total. The van der Waals surface area contributed by atoms with Gasteiger partial charge in [0.2, 0.25) is 5.91 Å². The zero-order valence-corrected chi connectivity index (χ0v) is 16.4. The number of thiazole rings is 1. The van der Waals surface area contributed by atoms with Gasteiger partial charge in [-0.25, -0.2) is 4.98 Å². The molecule has 0 radical (unpaired) electrons. The van der Waals surface area contributed by atoms with E-state index in [-0.39, 0.29) is 18.3 Å². The summed E-state index contributed by atoms with van der Waals surface area (Å²) < 4.78 is 10.5. The van der Waals surface area contributed by atoms with Crippen LogP contribution in [0.1, 0.15) is 37.9 Å². The number of hydrogen-bond donors (Lipinski definition) is 1. The van der Waals surface area contributed by atoms with E-state index in [0.717, 1.165) is 24.2 Å². The maximum absolute atomic E-state index is 12.0. The van der Waals surface area contributed by atoms with E-state index in [2.05, 4.69) is 17.2 Å². The molecule has 0 aliphatic carbocycles. The number of nitrogens with zero attached hydrogens (tertiary/aromatic N) is 1. The fourth-order valence-electron chi connectivity index (χ4n) is 2.13. The smallest absolute Gasteiger partial charge is 0.311 e. The summed E-state index contributed by atoms with van der Waals surface area (Å²) in [6, 6.07) is 7.56. The number of nitrogens with one attached hydrogen (secondary N) is 1. The molecule has 1 aromatic carbocycles. The zero-order valence-electron chi connectivity index (χ0n) is 15.6. The van der Waals surface area contributed by atoms with Crippen LogP contribution in [0.3, 0.4) is 0 Å². The lowest BCUT2D eigenvalue weighted by Gasteiger charge is -2.05. The van der Waals surface area contributed by atoms with Crippen LogP contribution in [-0.2, 0) is 20.7 Å². The van der Waals surface area contributed by atoms with Gasteiger partial charge < -0.3 is 9.47 Å². The maximum Gasteiger partial charge on any atom is 0.311 e. The molecule has 1 aromatic heterocycles. The van der Waals surface area contributed by atoms with E-state index in [1.54, 1.807) is 18.4 Å². The fourth-order valence-corrected chi connectivity index (χ4v) is 2.85. The first-order chi connectivity index (χ1) is 13.1. The first kappa shape index (κ1) is 20.6. The molecular formula is C20H24N2O4S. The minimum Gasteiger partial charge on any atom is -0.494 e. The molecule has 0 unspecified atom stereocenters. The number of hydrogen-bond acceptors (Lipinski definition) is 6. The van der Waals surface area contributed by atoms with Crippen LogP contribution in [0.4, 0.5) is 5.13 Å². The predicted octanol–water partition coefficient (Wildman–Crippen LogP) is 4.08. The van der Waals surface area contributed by atoms with Crippen molar-refractivity contribution in [3.8, 4) is 5.75 Å². The SMILES string of the molecule is CCCCOc1ccc(/C=C/C(=O)Nc2nc(CC(=O)OCC)cs2)cc1. The molecule has 27 heavy (non-hydrogen) atoms. The average molecular weight is 388 g/mol. The predicted molar refractivity (Wildman–Crippen MR) is 107 cm³/mol. The number of rotatable bonds is 10. The maximum atomic E-state index is 12.0. The lowest BCUT2D eigenvalue weighted by Crippen LogP contribution is -2.09. The quantitative estimate of drug-likeness (QED) is 0.377. The van der Waals surface area contributed by atoms with Crippen molar-refractivity contribution in [1.82, 2.24) is 4.98 Å². The standard InChI is InChI=1S/C20H24N2O4S/c1-3-5-12-26-17-9-6-15(7-10-17)8-11-18(23)22-20-21-16(14-27-20)13-19(24)25-4-2/h6-11,14H,3-5,12-13H2,1-2H3,(H,21,22,23)/b11-8+. The molecule has 0 aliphatic rings. The van der Waals surface area contributed by atoms with E-state index >= 15 is 0 Å². The van der Waals surface area contributed by atoms with Gasteiger partial charge in [0.15, 0.2) is 5.13 Å². The first-order valence-electron chi connectivity index (χ1n) is 8.92. The normalized spacial score (nSPS) is 10.7. The van der Waals surface area contributed by atoms with Gasteiger partial charge in [-0.3, -0.25) is 14.9 Å². The molecule has 0 saturated heterocycles. The van der Waals surface area contributed by atoms with Crippen molar-refractivity contribution in [1.29, 1.82) is 0 Å². The van der Waals surface area contributed by atoms with Crippen molar-refractivity contribution >= 4 is 34.4 Å². The molecule has 1 amide bonds. The van der Waals surface area contributed by atoms with Crippen molar-refractivity contribution in [3.63, 3.8) is 0 Å². The summed E-state index contributed by atoms with van der Waals surface area (Å²) >= 11 is 1.27. The zero-order chi connectivity index (χ0) is 19.5. The Morgan fingerprint density at radius 2 is 2.00 bits per heavy atom. The third-order valence-electron chi connectivity index (χ3n) is 3.49. The Balaban J connectivity index is 1.82. The lowest BCUT2D eigenvalue weighted by molar-refractivity contribution is -0.142. The van der Waals surface area contributed by atoms with E-state index in [4.69, 9.17) is 9.47 Å². The number of unbranched alkanes of at least 4 members (excludes halogenated alkanes) is 1. The topological polar surface area (TPSA) is 77.5 Å². The van der Waals surface area contributed by atoms with Crippen LogP contribution in [0.2, 0.25) is 0 Å². The monoisotopic (exact) mass is 388 g/mol. The first-order valence-corrected chi connectivity index (χ1v) is 9.80. The lowest BCUT2D eigenvalue weighted by atomic mass is 10.2. The number of aromatic nitrogens is 1. The fraction of sp³-hybridized carbons (Fsp3) is 0.350. The van der Waals surface area contributed by atoms with E-state index in [0.29, 0.717) is 24.0 Å². The summed E-state index contributed by atoms with van der Waals surface area (Å²) in [6.45, 7) is 4.92. The van der Waals surface area contributed by atoms with Gasteiger partial charge in [0, 0.05) is 11.5 Å². The minimum absolute atomic E-state index is 0.0999. The second-order valence-corrected chi connectivity index (χ2v) is 6.58. The highest BCUT2D eigenvalue weighted by Gasteiger charge is 2.09. The van der Waals surface area contributed by atoms with Gasteiger partial charge >= 0.3 is 5.97 Å². The summed E-state index contributed by atoms with van der Waals surface area (Å²) in [5.74, 6) is 0.208. The Hall–Kier alpha value is -2.67. The van der Waals surface area contributed by atoms with Crippen LogP contribution < -0.4 is 10.1 Å². The van der Waals surface area contributed by atoms with Gasteiger partial charge in [-0.1, -0.05) is 25.5 Å².